The van der Waals surface area contributed by atoms with Crippen LogP contribution in [0.25, 0.3) is 33.2 Å². The van der Waals surface area contributed by atoms with Crippen molar-refractivity contribution in [3.63, 3.8) is 0 Å². The molecule has 0 radical (unpaired) electrons. The molecule has 3 aromatic carbocycles. The summed E-state index contributed by atoms with van der Waals surface area (Å²) < 4.78 is 5.69. The zero-order valence-electron chi connectivity index (χ0n) is 13.8. The zero-order valence-corrected chi connectivity index (χ0v) is 14.5. The number of carboxylic acid groups (broad SMARTS) is 1. The summed E-state index contributed by atoms with van der Waals surface area (Å²) in [5, 5.41) is 10.6. The van der Waals surface area contributed by atoms with Crippen molar-refractivity contribution in [1.29, 1.82) is 0 Å². The monoisotopic (exact) mass is 362 g/mol. The summed E-state index contributed by atoms with van der Waals surface area (Å²) >= 11 is 5.98. The van der Waals surface area contributed by atoms with Gasteiger partial charge in [0.15, 0.2) is 0 Å². The van der Waals surface area contributed by atoms with Crippen LogP contribution in [0.3, 0.4) is 0 Å². The van der Waals surface area contributed by atoms with Crippen molar-refractivity contribution >= 4 is 28.5 Å². The molecule has 0 bridgehead atoms. The van der Waals surface area contributed by atoms with Gasteiger partial charge >= 0.3 is 5.97 Å². The second-order valence-corrected chi connectivity index (χ2v) is 6.57. The second kappa shape index (κ2) is 6.70. The molecule has 0 fully saturated rings. The van der Waals surface area contributed by atoms with Crippen LogP contribution in [0.2, 0.25) is 5.02 Å². The molecule has 1 N–H and O–H groups in total. The Kier molecular flexibility index (Phi) is 4.23. The molecule has 0 aliphatic heterocycles. The smallest absolute Gasteiger partial charge is 0.307 e. The van der Waals surface area contributed by atoms with Crippen LogP contribution in [0.1, 0.15) is 5.56 Å². The summed E-state index contributed by atoms with van der Waals surface area (Å²) in [6, 6.07) is 21.3. The lowest BCUT2D eigenvalue weighted by molar-refractivity contribution is -0.136. The molecular formula is C22H15ClO3. The summed E-state index contributed by atoms with van der Waals surface area (Å²) in [5.74, 6) is -0.829. The average Bonchev–Trinajstić information content (AvgIpc) is 3.06. The molecule has 0 atom stereocenters. The van der Waals surface area contributed by atoms with Gasteiger partial charge in [-0.2, -0.15) is 0 Å². The molecule has 4 rings (SSSR count). The highest BCUT2D eigenvalue weighted by Gasteiger charge is 2.10. The summed E-state index contributed by atoms with van der Waals surface area (Å²) in [6.07, 6.45) is 1.79. The van der Waals surface area contributed by atoms with E-state index in [0.29, 0.717) is 5.02 Å². The number of benzene rings is 3. The Morgan fingerprint density at radius 2 is 1.54 bits per heavy atom. The molecule has 0 spiro atoms. The van der Waals surface area contributed by atoms with Gasteiger partial charge in [0, 0.05) is 16.0 Å². The maximum Gasteiger partial charge on any atom is 0.307 e. The molecule has 0 saturated carbocycles. The van der Waals surface area contributed by atoms with E-state index in [2.05, 4.69) is 6.07 Å². The van der Waals surface area contributed by atoms with E-state index < -0.39 is 5.97 Å². The van der Waals surface area contributed by atoms with Crippen LogP contribution in [-0.2, 0) is 11.2 Å². The third-order valence-corrected chi connectivity index (χ3v) is 4.62. The van der Waals surface area contributed by atoms with Crippen molar-refractivity contribution in [1.82, 2.24) is 0 Å². The van der Waals surface area contributed by atoms with Crippen LogP contribution in [0, 0.1) is 0 Å². The Hall–Kier alpha value is -3.04. The van der Waals surface area contributed by atoms with E-state index in [9.17, 15) is 4.79 Å². The maximum atomic E-state index is 10.8. The van der Waals surface area contributed by atoms with Gasteiger partial charge in [-0.1, -0.05) is 54.1 Å². The predicted octanol–water partition coefficient (Wildman–Crippen LogP) is 6.05. The van der Waals surface area contributed by atoms with E-state index in [-0.39, 0.29) is 6.42 Å². The molecule has 0 amide bonds. The van der Waals surface area contributed by atoms with E-state index in [1.807, 2.05) is 60.7 Å². The number of halogens is 1. The Morgan fingerprint density at radius 1 is 0.885 bits per heavy atom. The van der Waals surface area contributed by atoms with Crippen molar-refractivity contribution in [3.05, 3.63) is 83.6 Å². The van der Waals surface area contributed by atoms with E-state index in [4.69, 9.17) is 21.1 Å². The Balaban J connectivity index is 1.74. The zero-order chi connectivity index (χ0) is 18.1. The van der Waals surface area contributed by atoms with Crippen molar-refractivity contribution in [2.24, 2.45) is 0 Å². The van der Waals surface area contributed by atoms with E-state index in [0.717, 1.165) is 38.8 Å². The lowest BCUT2D eigenvalue weighted by Crippen LogP contribution is -1.99. The molecule has 0 aliphatic carbocycles. The van der Waals surface area contributed by atoms with Gasteiger partial charge in [0.05, 0.1) is 12.7 Å². The average molecular weight is 363 g/mol. The van der Waals surface area contributed by atoms with Crippen LogP contribution in [0.15, 0.2) is 77.4 Å². The minimum Gasteiger partial charge on any atom is -0.481 e. The van der Waals surface area contributed by atoms with E-state index in [1.54, 1.807) is 6.26 Å². The molecule has 4 aromatic rings. The van der Waals surface area contributed by atoms with Gasteiger partial charge in [0.1, 0.15) is 5.58 Å². The number of rotatable bonds is 4. The number of carboxylic acids is 1. The Morgan fingerprint density at radius 3 is 2.23 bits per heavy atom. The van der Waals surface area contributed by atoms with Crippen LogP contribution < -0.4 is 0 Å². The molecule has 0 saturated heterocycles. The summed E-state index contributed by atoms with van der Waals surface area (Å²) in [5.41, 5.74) is 5.75. The molecule has 128 valence electrons. The summed E-state index contributed by atoms with van der Waals surface area (Å²) in [4.78, 5) is 10.8. The molecule has 0 aliphatic rings. The maximum absolute atomic E-state index is 10.8. The first kappa shape index (κ1) is 16.4. The van der Waals surface area contributed by atoms with Gasteiger partial charge in [-0.25, -0.2) is 0 Å². The molecule has 26 heavy (non-hydrogen) atoms. The van der Waals surface area contributed by atoms with Crippen molar-refractivity contribution in [2.45, 2.75) is 6.42 Å². The molecular weight excluding hydrogens is 348 g/mol. The number of carbonyl (C=O) groups is 1. The number of aliphatic carboxylic acids is 1. The predicted molar refractivity (Wildman–Crippen MR) is 103 cm³/mol. The van der Waals surface area contributed by atoms with Gasteiger partial charge in [-0.15, -0.1) is 0 Å². The Labute approximate surface area is 155 Å². The van der Waals surface area contributed by atoms with Crippen LogP contribution >= 0.6 is 11.6 Å². The first-order chi connectivity index (χ1) is 12.6. The molecule has 0 unspecified atom stereocenters. The number of hydrogen-bond acceptors (Lipinski definition) is 2. The summed E-state index contributed by atoms with van der Waals surface area (Å²) in [6.45, 7) is 0. The molecule has 4 heteroatoms. The topological polar surface area (TPSA) is 50.4 Å². The third-order valence-electron chi connectivity index (χ3n) is 4.37. The van der Waals surface area contributed by atoms with Gasteiger partial charge in [-0.05, 0) is 46.5 Å². The molecule has 3 nitrogen and oxygen atoms in total. The lowest BCUT2D eigenvalue weighted by atomic mass is 9.99. The van der Waals surface area contributed by atoms with Crippen molar-refractivity contribution in [2.75, 3.05) is 0 Å². The van der Waals surface area contributed by atoms with Crippen LogP contribution in [-0.4, -0.2) is 11.1 Å². The summed E-state index contributed by atoms with van der Waals surface area (Å²) in [7, 11) is 0. The Bertz CT molecular complexity index is 1080. The van der Waals surface area contributed by atoms with Crippen molar-refractivity contribution < 1.29 is 14.3 Å². The lowest BCUT2D eigenvalue weighted by Gasteiger charge is -2.05. The largest absolute Gasteiger partial charge is 0.481 e. The fourth-order valence-electron chi connectivity index (χ4n) is 3.05. The van der Waals surface area contributed by atoms with Gasteiger partial charge in [0.25, 0.3) is 0 Å². The van der Waals surface area contributed by atoms with Gasteiger partial charge in [0.2, 0.25) is 0 Å². The highest BCUT2D eigenvalue weighted by molar-refractivity contribution is 6.30. The van der Waals surface area contributed by atoms with E-state index in [1.165, 1.54) is 0 Å². The standard InChI is InChI=1S/C22H15ClO3/c23-18-8-5-16(6-9-18)20-13-26-21-10-7-17(12-19(20)21)15-3-1-14(2-4-15)11-22(24)25/h1-10,12-13H,11H2,(H,24,25). The first-order valence-electron chi connectivity index (χ1n) is 8.18. The third kappa shape index (κ3) is 3.22. The number of furan rings is 1. The molecule has 1 aromatic heterocycles. The SMILES string of the molecule is O=C(O)Cc1ccc(-c2ccc3occ(-c4ccc(Cl)cc4)c3c2)cc1. The number of fused-ring (bicyclic) bond motifs is 1. The first-order valence-corrected chi connectivity index (χ1v) is 8.56. The number of hydrogen-bond donors (Lipinski definition) is 1. The normalized spacial score (nSPS) is 11.0. The fraction of sp³-hybridized carbons (Fsp3) is 0.0455. The van der Waals surface area contributed by atoms with Crippen LogP contribution in [0.5, 0.6) is 0 Å². The van der Waals surface area contributed by atoms with Crippen LogP contribution in [0.4, 0.5) is 0 Å². The fourth-order valence-corrected chi connectivity index (χ4v) is 3.18. The highest BCUT2D eigenvalue weighted by atomic mass is 35.5. The minimum atomic E-state index is -0.829. The highest BCUT2D eigenvalue weighted by Crippen LogP contribution is 2.34. The molecule has 1 heterocycles. The van der Waals surface area contributed by atoms with Gasteiger partial charge in [-0.3, -0.25) is 4.79 Å². The van der Waals surface area contributed by atoms with Gasteiger partial charge < -0.3 is 9.52 Å². The van der Waals surface area contributed by atoms with E-state index >= 15 is 0 Å². The quantitative estimate of drug-likeness (QED) is 0.481. The van der Waals surface area contributed by atoms with Crippen molar-refractivity contribution in [3.8, 4) is 22.3 Å². The minimum absolute atomic E-state index is 0.0295. The second-order valence-electron chi connectivity index (χ2n) is 6.13.